The molecule has 1 aliphatic rings. The van der Waals surface area contributed by atoms with Crippen LogP contribution in [0.15, 0.2) is 91.0 Å². The molecule has 0 N–H and O–H groups in total. The van der Waals surface area contributed by atoms with Crippen molar-refractivity contribution in [3.63, 3.8) is 0 Å². The Bertz CT molecular complexity index is 1120. The van der Waals surface area contributed by atoms with Crippen molar-refractivity contribution in [2.45, 2.75) is 31.0 Å². The summed E-state index contributed by atoms with van der Waals surface area (Å²) in [6.45, 7) is 0. The van der Waals surface area contributed by atoms with Crippen LogP contribution in [0.1, 0.15) is 19.3 Å². The summed E-state index contributed by atoms with van der Waals surface area (Å²) in [5.74, 6) is 0. The van der Waals surface area contributed by atoms with E-state index in [2.05, 4.69) is 68.6 Å². The second-order valence-electron chi connectivity index (χ2n) is 8.07. The largest absolute Gasteiger partial charge is 0.312 e. The molecule has 4 rings (SSSR count). The standard InChI is InChI=1S/C29H27N3Si/c1-4-30(26-18-10-7-11-19-26)29-24-16-17-25-33(29,31(5-2)27-20-12-8-13-21-27)32(6-3)28-22-14-9-15-23-28/h1-3,7-15,18-23,29H,16-17,24-25H2. The van der Waals surface area contributed by atoms with Gasteiger partial charge in [-0.15, -0.1) is 0 Å². The summed E-state index contributed by atoms with van der Waals surface area (Å²) in [6.07, 6.45) is 21.8. The fraction of sp³-hybridized carbons (Fsp3) is 0.172. The van der Waals surface area contributed by atoms with Gasteiger partial charge >= 0.3 is 8.40 Å². The number of terminal acetylenes is 3. The monoisotopic (exact) mass is 445 g/mol. The van der Waals surface area contributed by atoms with Gasteiger partial charge in [0.1, 0.15) is 0 Å². The topological polar surface area (TPSA) is 9.72 Å². The highest BCUT2D eigenvalue weighted by Gasteiger charge is 2.56. The number of hydrogen-bond acceptors (Lipinski definition) is 3. The van der Waals surface area contributed by atoms with Crippen molar-refractivity contribution in [2.24, 2.45) is 0 Å². The molecule has 0 radical (unpaired) electrons. The molecule has 0 aromatic heterocycles. The predicted octanol–water partition coefficient (Wildman–Crippen LogP) is 5.81. The van der Waals surface area contributed by atoms with Gasteiger partial charge in [0, 0.05) is 35.2 Å². The minimum atomic E-state index is -2.84. The molecule has 1 heterocycles. The van der Waals surface area contributed by atoms with Gasteiger partial charge in [0.2, 0.25) is 0 Å². The van der Waals surface area contributed by atoms with Crippen LogP contribution < -0.4 is 14.0 Å². The Labute approximate surface area is 198 Å². The van der Waals surface area contributed by atoms with E-state index in [-0.39, 0.29) is 5.67 Å². The third-order valence-electron chi connectivity index (χ3n) is 6.35. The van der Waals surface area contributed by atoms with Gasteiger partial charge in [0.05, 0.1) is 5.67 Å². The molecule has 0 bridgehead atoms. The third-order valence-corrected chi connectivity index (χ3v) is 11.4. The molecule has 1 fully saturated rings. The Kier molecular flexibility index (Phi) is 6.75. The fourth-order valence-corrected chi connectivity index (χ4v) is 10.3. The maximum absolute atomic E-state index is 6.28. The van der Waals surface area contributed by atoms with E-state index in [4.69, 9.17) is 19.3 Å². The van der Waals surface area contributed by atoms with Crippen molar-refractivity contribution in [3.05, 3.63) is 91.0 Å². The Morgan fingerprint density at radius 1 is 0.606 bits per heavy atom. The summed E-state index contributed by atoms with van der Waals surface area (Å²) < 4.78 is 4.24. The van der Waals surface area contributed by atoms with E-state index >= 15 is 0 Å². The Morgan fingerprint density at radius 2 is 1.06 bits per heavy atom. The van der Waals surface area contributed by atoms with Gasteiger partial charge in [-0.1, -0.05) is 86.7 Å². The molecule has 33 heavy (non-hydrogen) atoms. The molecule has 162 valence electrons. The minimum absolute atomic E-state index is 0.00818. The van der Waals surface area contributed by atoms with Gasteiger partial charge in [0.25, 0.3) is 0 Å². The first-order chi connectivity index (χ1) is 16.3. The number of anilines is 3. The minimum Gasteiger partial charge on any atom is -0.307 e. The van der Waals surface area contributed by atoms with Crippen LogP contribution in [0.3, 0.4) is 0 Å². The van der Waals surface area contributed by atoms with Crippen LogP contribution in [0.4, 0.5) is 17.1 Å². The lowest BCUT2D eigenvalue weighted by molar-refractivity contribution is 0.609. The van der Waals surface area contributed by atoms with E-state index < -0.39 is 8.40 Å². The lowest BCUT2D eigenvalue weighted by Crippen LogP contribution is -2.75. The smallest absolute Gasteiger partial charge is 0.307 e. The maximum Gasteiger partial charge on any atom is 0.312 e. The Hall–Kier alpha value is -4.04. The fourth-order valence-electron chi connectivity index (χ4n) is 4.99. The highest BCUT2D eigenvalue weighted by molar-refractivity contribution is 6.89. The zero-order valence-corrected chi connectivity index (χ0v) is 19.6. The second kappa shape index (κ2) is 10.1. The molecule has 3 aromatic carbocycles. The van der Waals surface area contributed by atoms with Crippen molar-refractivity contribution >= 4 is 25.5 Å². The second-order valence-corrected chi connectivity index (χ2v) is 11.9. The molecule has 0 spiro atoms. The Morgan fingerprint density at radius 3 is 1.48 bits per heavy atom. The van der Waals surface area contributed by atoms with E-state index in [1.54, 1.807) is 0 Å². The third kappa shape index (κ3) is 4.08. The number of nitrogens with zero attached hydrogens (tertiary/aromatic N) is 3. The summed E-state index contributed by atoms with van der Waals surface area (Å²) in [5.41, 5.74) is 2.92. The van der Waals surface area contributed by atoms with Crippen LogP contribution in [-0.2, 0) is 0 Å². The first-order valence-electron chi connectivity index (χ1n) is 11.2. The molecule has 0 aliphatic carbocycles. The van der Waals surface area contributed by atoms with Crippen molar-refractivity contribution in [3.8, 4) is 37.4 Å². The van der Waals surface area contributed by atoms with Crippen molar-refractivity contribution in [1.82, 2.24) is 0 Å². The van der Waals surface area contributed by atoms with Crippen LogP contribution in [0, 0.1) is 37.4 Å². The molecule has 4 heteroatoms. The van der Waals surface area contributed by atoms with Crippen LogP contribution >= 0.6 is 0 Å². The molecule has 3 aromatic rings. The molecule has 1 aliphatic heterocycles. The maximum atomic E-state index is 6.28. The Balaban J connectivity index is 1.97. The number of benzene rings is 3. The average molecular weight is 446 g/mol. The summed E-state index contributed by atoms with van der Waals surface area (Å²) in [7, 11) is -2.84. The molecule has 0 saturated carbocycles. The van der Waals surface area contributed by atoms with Crippen molar-refractivity contribution in [1.29, 1.82) is 0 Å². The molecule has 3 nitrogen and oxygen atoms in total. The lowest BCUT2D eigenvalue weighted by Gasteiger charge is -2.53. The van der Waals surface area contributed by atoms with Gasteiger partial charge in [0.15, 0.2) is 0 Å². The van der Waals surface area contributed by atoms with Crippen molar-refractivity contribution in [2.75, 3.05) is 14.0 Å². The number of rotatable bonds is 6. The normalized spacial score (nSPS) is 16.5. The highest BCUT2D eigenvalue weighted by Crippen LogP contribution is 2.41. The first kappa shape index (κ1) is 22.2. The van der Waals surface area contributed by atoms with Gasteiger partial charge in [-0.2, -0.15) is 0 Å². The van der Waals surface area contributed by atoms with Gasteiger partial charge < -0.3 is 9.13 Å². The quantitative estimate of drug-likeness (QED) is 0.269. The van der Waals surface area contributed by atoms with Crippen LogP contribution in [0.25, 0.3) is 0 Å². The zero-order chi connectivity index (χ0) is 23.1. The van der Waals surface area contributed by atoms with Crippen LogP contribution in [-0.4, -0.2) is 14.1 Å². The summed E-state index contributed by atoms with van der Waals surface area (Å²) >= 11 is 0. The van der Waals surface area contributed by atoms with Gasteiger partial charge in [-0.25, -0.2) is 0 Å². The highest BCUT2D eigenvalue weighted by atomic mass is 28.3. The lowest BCUT2D eigenvalue weighted by atomic mass is 10.2. The van der Waals surface area contributed by atoms with Crippen molar-refractivity contribution < 1.29 is 0 Å². The predicted molar refractivity (Wildman–Crippen MR) is 141 cm³/mol. The number of para-hydroxylation sites is 3. The van der Waals surface area contributed by atoms with Crippen LogP contribution in [0.5, 0.6) is 0 Å². The van der Waals surface area contributed by atoms with E-state index in [1.807, 2.05) is 54.6 Å². The number of hydrogen-bond donors (Lipinski definition) is 0. The van der Waals surface area contributed by atoms with E-state index in [1.165, 1.54) is 0 Å². The average Bonchev–Trinajstić information content (AvgIpc) is 2.88. The SMILES string of the molecule is C#CN(c1ccccc1)C1CCCC[Si]1(N(C#C)c1ccccc1)N(C#C)c1ccccc1. The van der Waals surface area contributed by atoms with Gasteiger partial charge in [-0.05, 0) is 48.9 Å². The summed E-state index contributed by atoms with van der Waals surface area (Å²) in [5, 5.41) is 0. The summed E-state index contributed by atoms with van der Waals surface area (Å²) in [6, 6.07) is 40.4. The van der Waals surface area contributed by atoms with E-state index in [0.717, 1.165) is 42.4 Å². The molecule has 0 amide bonds. The summed E-state index contributed by atoms with van der Waals surface area (Å²) in [4.78, 5) is 2.06. The van der Waals surface area contributed by atoms with E-state index in [9.17, 15) is 0 Å². The molecule has 1 unspecified atom stereocenters. The van der Waals surface area contributed by atoms with Gasteiger partial charge in [-0.3, -0.25) is 4.90 Å². The molecule has 1 atom stereocenters. The zero-order valence-electron chi connectivity index (χ0n) is 18.6. The van der Waals surface area contributed by atoms with E-state index in [0.29, 0.717) is 0 Å². The molecule has 1 saturated heterocycles. The molecular formula is C29H27N3Si. The molecular weight excluding hydrogens is 418 g/mol. The van der Waals surface area contributed by atoms with Crippen LogP contribution in [0.2, 0.25) is 6.04 Å². The first-order valence-corrected chi connectivity index (χ1v) is 13.4.